The first-order chi connectivity index (χ1) is 14.7. The maximum Gasteiger partial charge on any atom is 0.262 e. The van der Waals surface area contributed by atoms with Crippen molar-refractivity contribution in [2.24, 2.45) is 0 Å². The van der Waals surface area contributed by atoms with E-state index < -0.39 is 15.9 Å². The van der Waals surface area contributed by atoms with E-state index in [1.54, 1.807) is 32.9 Å². The molecule has 2 aromatic rings. The summed E-state index contributed by atoms with van der Waals surface area (Å²) < 4.78 is 32.0. The normalized spacial score (nSPS) is 11.4. The predicted molar refractivity (Wildman–Crippen MR) is 118 cm³/mol. The van der Waals surface area contributed by atoms with Gasteiger partial charge in [0.05, 0.1) is 10.6 Å². The number of ether oxygens (including phenoxy) is 1. The van der Waals surface area contributed by atoms with Crippen LogP contribution in [0, 0.1) is 0 Å². The summed E-state index contributed by atoms with van der Waals surface area (Å²) in [7, 11) is -3.73. The Bertz CT molecular complexity index is 1010. The number of ketones is 1. The number of nitrogens with one attached hydrogen (secondary N) is 1. The first-order valence-electron chi connectivity index (χ1n) is 10.0. The summed E-state index contributed by atoms with van der Waals surface area (Å²) in [5.41, 5.74) is 0.976. The van der Waals surface area contributed by atoms with Crippen LogP contribution in [-0.4, -0.2) is 49.2 Å². The molecule has 168 valence electrons. The van der Waals surface area contributed by atoms with Crippen LogP contribution in [0.1, 0.15) is 32.8 Å². The van der Waals surface area contributed by atoms with Crippen molar-refractivity contribution in [3.8, 4) is 11.5 Å². The van der Waals surface area contributed by atoms with Crippen LogP contribution >= 0.6 is 0 Å². The molecule has 0 radical (unpaired) electrons. The smallest absolute Gasteiger partial charge is 0.262 e. The van der Waals surface area contributed by atoms with Gasteiger partial charge in [0.1, 0.15) is 17.3 Å². The first-order valence-corrected chi connectivity index (χ1v) is 11.5. The summed E-state index contributed by atoms with van der Waals surface area (Å²) in [5, 5.41) is 12.5. The number of carbonyl (C=O) groups is 2. The fourth-order valence-electron chi connectivity index (χ4n) is 2.90. The predicted octanol–water partition coefficient (Wildman–Crippen LogP) is 2.96. The van der Waals surface area contributed by atoms with Crippen molar-refractivity contribution >= 4 is 27.4 Å². The molecule has 1 amide bonds. The summed E-state index contributed by atoms with van der Waals surface area (Å²) in [6.07, 6.45) is 1.11. The van der Waals surface area contributed by atoms with Gasteiger partial charge in [0.2, 0.25) is 10.0 Å². The third kappa shape index (κ3) is 6.80. The standard InChI is InChI=1S/C22H28N2O6S/c1-4-24(5-2)31(28,29)19-12-13-21(26)20(14-19)23-22(27)15-30-18-10-8-17(9-11-18)7-6-16(3)25/h8-14,26H,4-7,15H2,1-3H3,(H,23,27). The lowest BCUT2D eigenvalue weighted by molar-refractivity contribution is -0.118. The Hall–Kier alpha value is -2.91. The van der Waals surface area contributed by atoms with Crippen LogP contribution < -0.4 is 10.1 Å². The summed E-state index contributed by atoms with van der Waals surface area (Å²) in [5.74, 6) is -0.201. The number of Topliss-reactive ketones (excluding diaryl/α,β-unsaturated/α-hetero) is 1. The zero-order valence-corrected chi connectivity index (χ0v) is 18.7. The highest BCUT2D eigenvalue weighted by Crippen LogP contribution is 2.28. The van der Waals surface area contributed by atoms with Crippen LogP contribution in [0.15, 0.2) is 47.4 Å². The lowest BCUT2D eigenvalue weighted by Gasteiger charge is -2.19. The second-order valence-corrected chi connectivity index (χ2v) is 8.89. The van der Waals surface area contributed by atoms with Crippen molar-refractivity contribution in [1.82, 2.24) is 4.31 Å². The van der Waals surface area contributed by atoms with Crippen molar-refractivity contribution in [3.63, 3.8) is 0 Å². The van der Waals surface area contributed by atoms with Crippen molar-refractivity contribution in [2.45, 2.75) is 38.5 Å². The molecular formula is C22H28N2O6S. The minimum Gasteiger partial charge on any atom is -0.506 e. The third-order valence-electron chi connectivity index (χ3n) is 4.64. The minimum atomic E-state index is -3.73. The number of aromatic hydroxyl groups is 1. The molecule has 0 aliphatic heterocycles. The van der Waals surface area contributed by atoms with Crippen LogP contribution in [0.5, 0.6) is 11.5 Å². The number of sulfonamides is 1. The van der Waals surface area contributed by atoms with E-state index in [-0.39, 0.29) is 28.7 Å². The van der Waals surface area contributed by atoms with E-state index in [4.69, 9.17) is 4.74 Å². The Morgan fingerprint density at radius 1 is 1.06 bits per heavy atom. The van der Waals surface area contributed by atoms with Gasteiger partial charge in [-0.2, -0.15) is 4.31 Å². The van der Waals surface area contributed by atoms with E-state index in [2.05, 4.69) is 5.32 Å². The van der Waals surface area contributed by atoms with Crippen LogP contribution in [0.25, 0.3) is 0 Å². The van der Waals surface area contributed by atoms with Gasteiger partial charge >= 0.3 is 0 Å². The maximum absolute atomic E-state index is 12.7. The molecule has 0 unspecified atom stereocenters. The topological polar surface area (TPSA) is 113 Å². The molecular weight excluding hydrogens is 420 g/mol. The Labute approximate surface area is 182 Å². The second-order valence-electron chi connectivity index (χ2n) is 6.95. The van der Waals surface area contributed by atoms with Gasteiger partial charge in [-0.05, 0) is 49.2 Å². The van der Waals surface area contributed by atoms with Crippen LogP contribution in [0.4, 0.5) is 5.69 Å². The summed E-state index contributed by atoms with van der Waals surface area (Å²) in [4.78, 5) is 23.3. The summed E-state index contributed by atoms with van der Waals surface area (Å²) in [6, 6.07) is 10.8. The van der Waals surface area contributed by atoms with Gasteiger partial charge < -0.3 is 20.0 Å². The molecule has 0 aromatic heterocycles. The third-order valence-corrected chi connectivity index (χ3v) is 6.69. The van der Waals surface area contributed by atoms with Crippen molar-refractivity contribution in [2.75, 3.05) is 25.0 Å². The average Bonchev–Trinajstić information content (AvgIpc) is 2.73. The largest absolute Gasteiger partial charge is 0.506 e. The van der Waals surface area contributed by atoms with Gasteiger partial charge in [0, 0.05) is 19.5 Å². The first kappa shape index (κ1) is 24.4. The quantitative estimate of drug-likeness (QED) is 0.511. The molecule has 2 rings (SSSR count). The monoisotopic (exact) mass is 448 g/mol. The molecule has 2 aromatic carbocycles. The maximum atomic E-state index is 12.7. The number of phenolic OH excluding ortho intramolecular Hbond substituents is 1. The molecule has 0 heterocycles. The molecule has 0 atom stereocenters. The fraction of sp³-hybridized carbons (Fsp3) is 0.364. The van der Waals surface area contributed by atoms with Crippen LogP contribution in [-0.2, 0) is 26.0 Å². The van der Waals surface area contributed by atoms with Crippen LogP contribution in [0.3, 0.4) is 0 Å². The highest BCUT2D eigenvalue weighted by atomic mass is 32.2. The Morgan fingerprint density at radius 2 is 1.71 bits per heavy atom. The van der Waals surface area contributed by atoms with Crippen molar-refractivity contribution in [1.29, 1.82) is 0 Å². The number of phenols is 1. The molecule has 0 fully saturated rings. The SMILES string of the molecule is CCN(CC)S(=O)(=O)c1ccc(O)c(NC(=O)COc2ccc(CCC(C)=O)cc2)c1. The molecule has 0 bridgehead atoms. The van der Waals surface area contributed by atoms with Crippen molar-refractivity contribution < 1.29 is 27.9 Å². The van der Waals surface area contributed by atoms with Gasteiger partial charge in [0.25, 0.3) is 5.91 Å². The number of hydrogen-bond donors (Lipinski definition) is 2. The van der Waals surface area contributed by atoms with E-state index >= 15 is 0 Å². The lowest BCUT2D eigenvalue weighted by atomic mass is 10.1. The van der Waals surface area contributed by atoms with Gasteiger partial charge in [-0.3, -0.25) is 4.79 Å². The molecule has 0 aliphatic rings. The number of aryl methyl sites for hydroxylation is 1. The van der Waals surface area contributed by atoms with E-state index in [1.165, 1.54) is 22.5 Å². The lowest BCUT2D eigenvalue weighted by Crippen LogP contribution is -2.30. The molecule has 0 spiro atoms. The number of nitrogens with zero attached hydrogens (tertiary/aromatic N) is 1. The Morgan fingerprint density at radius 3 is 2.29 bits per heavy atom. The van der Waals surface area contributed by atoms with Gasteiger partial charge in [-0.25, -0.2) is 8.42 Å². The Balaban J connectivity index is 2.01. The number of carbonyl (C=O) groups excluding carboxylic acids is 2. The highest BCUT2D eigenvalue weighted by Gasteiger charge is 2.23. The summed E-state index contributed by atoms with van der Waals surface area (Å²) in [6.45, 7) is 5.31. The fourth-order valence-corrected chi connectivity index (χ4v) is 4.38. The molecule has 2 N–H and O–H groups in total. The number of hydrogen-bond acceptors (Lipinski definition) is 6. The van der Waals surface area contributed by atoms with E-state index in [1.807, 2.05) is 12.1 Å². The number of rotatable bonds is 11. The number of anilines is 1. The zero-order valence-electron chi connectivity index (χ0n) is 17.9. The second kappa shape index (κ2) is 10.9. The molecule has 0 saturated heterocycles. The van der Waals surface area contributed by atoms with Crippen molar-refractivity contribution in [3.05, 3.63) is 48.0 Å². The zero-order chi connectivity index (χ0) is 23.0. The minimum absolute atomic E-state index is 0.0126. The molecule has 31 heavy (non-hydrogen) atoms. The Kier molecular flexibility index (Phi) is 8.58. The van der Waals surface area contributed by atoms with Gasteiger partial charge in [0.15, 0.2) is 6.61 Å². The summed E-state index contributed by atoms with van der Waals surface area (Å²) >= 11 is 0. The van der Waals surface area contributed by atoms with E-state index in [9.17, 15) is 23.1 Å². The van der Waals surface area contributed by atoms with E-state index in [0.29, 0.717) is 31.7 Å². The van der Waals surface area contributed by atoms with Crippen LogP contribution in [0.2, 0.25) is 0 Å². The number of benzene rings is 2. The molecule has 0 aliphatic carbocycles. The molecule has 9 heteroatoms. The van der Waals surface area contributed by atoms with Gasteiger partial charge in [-0.1, -0.05) is 26.0 Å². The molecule has 8 nitrogen and oxygen atoms in total. The van der Waals surface area contributed by atoms with E-state index in [0.717, 1.165) is 5.56 Å². The number of amides is 1. The highest BCUT2D eigenvalue weighted by molar-refractivity contribution is 7.89. The molecule has 0 saturated carbocycles. The van der Waals surface area contributed by atoms with Gasteiger partial charge in [-0.15, -0.1) is 0 Å². The average molecular weight is 449 g/mol.